The van der Waals surface area contributed by atoms with Gasteiger partial charge in [0.05, 0.1) is 29.0 Å². The van der Waals surface area contributed by atoms with Gasteiger partial charge in [-0.05, 0) is 160 Å². The molecule has 2 amide bonds. The second-order valence-electron chi connectivity index (χ2n) is 22.4. The molecule has 7 heterocycles. The first-order valence-corrected chi connectivity index (χ1v) is 25.4. The second kappa shape index (κ2) is 21.1. The molecular formula is C57H77N7O4. The zero-order chi connectivity index (χ0) is 48.2. The third-order valence-electron chi connectivity index (χ3n) is 14.8. The van der Waals surface area contributed by atoms with Crippen LogP contribution in [0, 0.1) is 38.5 Å². The molecule has 0 unspecified atom stereocenters. The summed E-state index contributed by atoms with van der Waals surface area (Å²) >= 11 is 0. The van der Waals surface area contributed by atoms with E-state index in [0.717, 1.165) is 92.6 Å². The molecule has 68 heavy (non-hydrogen) atoms. The van der Waals surface area contributed by atoms with Crippen molar-refractivity contribution in [1.29, 1.82) is 0 Å². The van der Waals surface area contributed by atoms with Crippen molar-refractivity contribution in [1.82, 2.24) is 35.1 Å². The van der Waals surface area contributed by atoms with Gasteiger partial charge in [0.15, 0.2) is 0 Å². The Balaban J connectivity index is 0.000000182. The van der Waals surface area contributed by atoms with E-state index in [0.29, 0.717) is 55.1 Å². The summed E-state index contributed by atoms with van der Waals surface area (Å²) in [4.78, 5) is 30.7. The maximum absolute atomic E-state index is 13.6. The van der Waals surface area contributed by atoms with Crippen molar-refractivity contribution in [2.45, 2.75) is 163 Å². The molecule has 4 bridgehead atoms. The fraction of sp³-hybridized carbons (Fsp3) is 0.544. The van der Waals surface area contributed by atoms with Crippen molar-refractivity contribution < 1.29 is 19.1 Å². The van der Waals surface area contributed by atoms with Crippen LogP contribution in [0.2, 0.25) is 0 Å². The largest absolute Gasteiger partial charge is 0.476 e. The SMILES string of the molecule is Cc1cc(C)cc(-c2[nH]nc(OCC(C)(C)C(=O)N3C4CCC3CC4)c2CN2CCC(c3ccccc3)CC2)c1.Cc1cc(C)cc(-c2cc(OCC(C)(C)C)n[nH]2)c1.O=CN1C2CCC1CC2. The fourth-order valence-electron chi connectivity index (χ4n) is 11.3. The Kier molecular flexibility index (Phi) is 15.2. The van der Waals surface area contributed by atoms with E-state index >= 15 is 0 Å². The molecule has 5 saturated heterocycles. The number of H-pyrrole nitrogens is 2. The van der Waals surface area contributed by atoms with Crippen molar-refractivity contribution in [3.63, 3.8) is 0 Å². The molecule has 5 aliphatic rings. The van der Waals surface area contributed by atoms with Crippen LogP contribution in [0.1, 0.15) is 138 Å². The molecule has 10 rings (SSSR count). The van der Waals surface area contributed by atoms with Crippen LogP contribution >= 0.6 is 0 Å². The number of carbonyl (C=O) groups excluding carboxylic acids is 2. The van der Waals surface area contributed by atoms with Gasteiger partial charge in [0.1, 0.15) is 6.61 Å². The molecular weight excluding hydrogens is 847 g/mol. The summed E-state index contributed by atoms with van der Waals surface area (Å²) in [5.74, 6) is 2.13. The van der Waals surface area contributed by atoms with E-state index in [2.05, 4.69) is 145 Å². The van der Waals surface area contributed by atoms with Crippen molar-refractivity contribution in [2.24, 2.45) is 10.8 Å². The van der Waals surface area contributed by atoms with Crippen LogP contribution < -0.4 is 9.47 Å². The number of piperidine rings is 1. The van der Waals surface area contributed by atoms with E-state index in [1.54, 1.807) is 0 Å². The number of hydrogen-bond acceptors (Lipinski definition) is 7. The molecule has 0 aliphatic carbocycles. The third kappa shape index (κ3) is 11.9. The molecule has 0 spiro atoms. The van der Waals surface area contributed by atoms with E-state index in [9.17, 15) is 9.59 Å². The number of carbonyl (C=O) groups is 2. The summed E-state index contributed by atoms with van der Waals surface area (Å²) in [7, 11) is 0. The Morgan fingerprint density at radius 3 is 1.74 bits per heavy atom. The van der Waals surface area contributed by atoms with Gasteiger partial charge in [-0.15, -0.1) is 10.2 Å². The van der Waals surface area contributed by atoms with E-state index < -0.39 is 5.41 Å². The molecule has 364 valence electrons. The van der Waals surface area contributed by atoms with Crippen LogP contribution in [-0.2, 0) is 16.1 Å². The summed E-state index contributed by atoms with van der Waals surface area (Å²) in [6, 6.07) is 28.0. The number of likely N-dealkylation sites (tertiary alicyclic amines) is 1. The number of aromatic nitrogens is 4. The first kappa shape index (κ1) is 49.0. The molecule has 5 fully saturated rings. The number of hydrogen-bond donors (Lipinski definition) is 2. The second-order valence-corrected chi connectivity index (χ2v) is 22.4. The minimum atomic E-state index is -0.602. The topological polar surface area (TPSA) is 120 Å². The van der Waals surface area contributed by atoms with Gasteiger partial charge < -0.3 is 19.3 Å². The average molecular weight is 924 g/mol. The predicted octanol–water partition coefficient (Wildman–Crippen LogP) is 11.5. The molecule has 3 aromatic carbocycles. The predicted molar refractivity (Wildman–Crippen MR) is 272 cm³/mol. The van der Waals surface area contributed by atoms with Gasteiger partial charge >= 0.3 is 0 Å². The number of nitrogens with zero attached hydrogens (tertiary/aromatic N) is 5. The van der Waals surface area contributed by atoms with E-state index in [1.165, 1.54) is 53.5 Å². The Morgan fingerprint density at radius 2 is 1.21 bits per heavy atom. The van der Waals surface area contributed by atoms with Gasteiger partial charge in [-0.2, -0.15) is 0 Å². The number of fused-ring (bicyclic) bond motifs is 4. The quantitative estimate of drug-likeness (QED) is 0.120. The number of aromatic amines is 2. The number of amides is 2. The van der Waals surface area contributed by atoms with E-state index in [-0.39, 0.29) is 11.3 Å². The first-order chi connectivity index (χ1) is 32.5. The van der Waals surface area contributed by atoms with Crippen molar-refractivity contribution in [2.75, 3.05) is 26.3 Å². The average Bonchev–Trinajstić information content (AvgIpc) is 4.19. The van der Waals surface area contributed by atoms with Crippen molar-refractivity contribution >= 4 is 12.3 Å². The number of ether oxygens (including phenoxy) is 2. The molecule has 0 radical (unpaired) electrons. The Morgan fingerprint density at radius 1 is 0.662 bits per heavy atom. The summed E-state index contributed by atoms with van der Waals surface area (Å²) in [5.41, 5.74) is 11.3. The number of nitrogens with one attached hydrogen (secondary N) is 2. The summed E-state index contributed by atoms with van der Waals surface area (Å²) in [6.07, 6.45) is 12.9. The zero-order valence-corrected chi connectivity index (χ0v) is 42.4. The molecule has 0 saturated carbocycles. The van der Waals surface area contributed by atoms with Gasteiger partial charge in [0, 0.05) is 47.9 Å². The lowest BCUT2D eigenvalue weighted by molar-refractivity contribution is -0.143. The highest BCUT2D eigenvalue weighted by Gasteiger charge is 2.47. The molecule has 2 N–H and O–H groups in total. The molecule has 5 aromatic rings. The molecule has 5 aliphatic heterocycles. The lowest BCUT2D eigenvalue weighted by atomic mass is 9.89. The summed E-state index contributed by atoms with van der Waals surface area (Å²) in [6.45, 7) is 22.8. The van der Waals surface area contributed by atoms with Crippen LogP contribution in [0.4, 0.5) is 0 Å². The number of aryl methyl sites for hydroxylation is 4. The third-order valence-corrected chi connectivity index (χ3v) is 14.8. The van der Waals surface area contributed by atoms with E-state index in [4.69, 9.17) is 9.47 Å². The lowest BCUT2D eigenvalue weighted by Gasteiger charge is -2.33. The van der Waals surface area contributed by atoms with Crippen LogP contribution in [0.25, 0.3) is 22.5 Å². The minimum absolute atomic E-state index is 0.138. The summed E-state index contributed by atoms with van der Waals surface area (Å²) < 4.78 is 12.1. The van der Waals surface area contributed by atoms with Gasteiger partial charge in [-0.3, -0.25) is 24.7 Å². The van der Waals surface area contributed by atoms with Crippen LogP contribution in [0.15, 0.2) is 72.8 Å². The molecule has 11 nitrogen and oxygen atoms in total. The smallest absolute Gasteiger partial charge is 0.237 e. The first-order valence-electron chi connectivity index (χ1n) is 25.4. The van der Waals surface area contributed by atoms with Crippen LogP contribution in [-0.4, -0.2) is 97.9 Å². The molecule has 0 atom stereocenters. The van der Waals surface area contributed by atoms with Gasteiger partial charge in [-0.1, -0.05) is 85.5 Å². The van der Waals surface area contributed by atoms with Gasteiger partial charge in [0.25, 0.3) is 0 Å². The van der Waals surface area contributed by atoms with E-state index in [1.807, 2.05) is 24.8 Å². The zero-order valence-electron chi connectivity index (χ0n) is 42.4. The monoisotopic (exact) mass is 924 g/mol. The Hall–Kier alpha value is -5.42. The molecule has 2 aromatic heterocycles. The van der Waals surface area contributed by atoms with Gasteiger partial charge in [-0.25, -0.2) is 0 Å². The Labute approximate surface area is 405 Å². The highest BCUT2D eigenvalue weighted by Crippen LogP contribution is 2.41. The Bertz CT molecular complexity index is 2400. The number of benzene rings is 3. The standard InChI is InChI=1S/C34H44N4O2.C16H22N2O.C7H11NO/c1-23-18-24(2)20-27(19-23)31-30(21-37-16-14-26(15-17-37)25-8-6-5-7-9-25)32(36-35-31)40-22-34(3,4)33(39)38-28-10-11-29(38)13-12-28;1-11-6-12(2)8-13(7-11)14-9-15(18-17-14)19-10-16(3,4)5;9-5-8-6-1-2-7(8)4-3-6/h5-9,18-20,26,28-29H,10-17,21-22H2,1-4H3,(H,35,36);6-9H,10H2,1-5H3,(H,17,18);5-7H,1-4H2. The lowest BCUT2D eigenvalue weighted by Crippen LogP contribution is -2.46. The highest BCUT2D eigenvalue weighted by molar-refractivity contribution is 5.83. The summed E-state index contributed by atoms with van der Waals surface area (Å²) in [5, 5.41) is 15.2. The highest BCUT2D eigenvalue weighted by atomic mass is 16.5. The fourth-order valence-corrected chi connectivity index (χ4v) is 11.3. The van der Waals surface area contributed by atoms with Crippen molar-refractivity contribution in [3.8, 4) is 34.3 Å². The van der Waals surface area contributed by atoms with Crippen LogP contribution in [0.5, 0.6) is 11.8 Å². The minimum Gasteiger partial charge on any atom is -0.476 e. The maximum Gasteiger partial charge on any atom is 0.237 e. The van der Waals surface area contributed by atoms with Crippen molar-refractivity contribution in [3.05, 3.63) is 106 Å². The molecule has 11 heteroatoms. The normalized spacial score (nSPS) is 21.3. The number of rotatable bonds is 12. The maximum atomic E-state index is 13.6. The van der Waals surface area contributed by atoms with Crippen LogP contribution in [0.3, 0.4) is 0 Å². The van der Waals surface area contributed by atoms with Gasteiger partial charge in [0.2, 0.25) is 24.1 Å².